The van der Waals surface area contributed by atoms with E-state index >= 15 is 0 Å². The van der Waals surface area contributed by atoms with Gasteiger partial charge in [-0.1, -0.05) is 0 Å². The van der Waals surface area contributed by atoms with Crippen molar-refractivity contribution in [2.75, 3.05) is 0 Å². The molecule has 2 heterocycles. The Bertz CT molecular complexity index is 470. The highest BCUT2D eigenvalue weighted by molar-refractivity contribution is 6.28. The molecule has 0 aliphatic carbocycles. The smallest absolute Gasteiger partial charge is 0.321 e. The molecule has 2 aromatic heterocycles. The van der Waals surface area contributed by atoms with Gasteiger partial charge >= 0.3 is 6.01 Å². The summed E-state index contributed by atoms with van der Waals surface area (Å²) >= 11 is 5.79. The second-order valence-electron chi connectivity index (χ2n) is 3.46. The first kappa shape index (κ1) is 10.9. The SMILES string of the molecule is CC(C)Oc1nc(Cl)nc(-c2ccc[nH]2)n1. The number of hydrogen-bond acceptors (Lipinski definition) is 4. The van der Waals surface area contributed by atoms with Crippen LogP contribution in [0.25, 0.3) is 11.5 Å². The molecule has 0 aliphatic heterocycles. The van der Waals surface area contributed by atoms with Gasteiger partial charge in [-0.3, -0.25) is 0 Å². The molecule has 0 atom stereocenters. The van der Waals surface area contributed by atoms with Gasteiger partial charge in [0, 0.05) is 6.20 Å². The maximum atomic E-state index is 5.79. The number of hydrogen-bond donors (Lipinski definition) is 1. The van der Waals surface area contributed by atoms with Crippen LogP contribution < -0.4 is 4.74 Å². The Labute approximate surface area is 97.9 Å². The molecule has 16 heavy (non-hydrogen) atoms. The van der Waals surface area contributed by atoms with Crippen LogP contribution in [0.1, 0.15) is 13.8 Å². The Morgan fingerprint density at radius 1 is 1.31 bits per heavy atom. The lowest BCUT2D eigenvalue weighted by atomic mass is 10.4. The molecule has 0 unspecified atom stereocenters. The fourth-order valence-corrected chi connectivity index (χ4v) is 1.34. The van der Waals surface area contributed by atoms with Crippen molar-refractivity contribution in [2.45, 2.75) is 20.0 Å². The van der Waals surface area contributed by atoms with Crippen molar-refractivity contribution in [2.24, 2.45) is 0 Å². The van der Waals surface area contributed by atoms with Gasteiger partial charge in [-0.25, -0.2) is 0 Å². The summed E-state index contributed by atoms with van der Waals surface area (Å²) in [6.45, 7) is 3.79. The fraction of sp³-hybridized carbons (Fsp3) is 0.300. The highest BCUT2D eigenvalue weighted by atomic mass is 35.5. The largest absolute Gasteiger partial charge is 0.461 e. The zero-order chi connectivity index (χ0) is 11.5. The van der Waals surface area contributed by atoms with Crippen LogP contribution in [0, 0.1) is 0 Å². The maximum absolute atomic E-state index is 5.79. The standard InChI is InChI=1S/C10H11ClN4O/c1-6(2)16-10-14-8(13-9(11)15-10)7-4-3-5-12-7/h3-6,12H,1-2H3. The Morgan fingerprint density at radius 2 is 2.12 bits per heavy atom. The highest BCUT2D eigenvalue weighted by Crippen LogP contribution is 2.17. The minimum absolute atomic E-state index is 0.00467. The number of halogens is 1. The van der Waals surface area contributed by atoms with Gasteiger partial charge in [-0.2, -0.15) is 15.0 Å². The van der Waals surface area contributed by atoms with Gasteiger partial charge in [0.15, 0.2) is 5.82 Å². The summed E-state index contributed by atoms with van der Waals surface area (Å²) < 4.78 is 5.37. The first-order valence-electron chi connectivity index (χ1n) is 4.87. The molecule has 0 saturated heterocycles. The van der Waals surface area contributed by atoms with Crippen molar-refractivity contribution in [1.29, 1.82) is 0 Å². The van der Waals surface area contributed by atoms with Gasteiger partial charge in [-0.05, 0) is 37.6 Å². The molecule has 0 spiro atoms. The topological polar surface area (TPSA) is 63.7 Å². The maximum Gasteiger partial charge on any atom is 0.321 e. The van der Waals surface area contributed by atoms with Gasteiger partial charge in [0.05, 0.1) is 11.8 Å². The van der Waals surface area contributed by atoms with E-state index in [-0.39, 0.29) is 17.4 Å². The van der Waals surface area contributed by atoms with Crippen molar-refractivity contribution in [1.82, 2.24) is 19.9 Å². The van der Waals surface area contributed by atoms with Crippen molar-refractivity contribution < 1.29 is 4.74 Å². The van der Waals surface area contributed by atoms with Gasteiger partial charge in [0.1, 0.15) is 0 Å². The highest BCUT2D eigenvalue weighted by Gasteiger charge is 2.09. The summed E-state index contributed by atoms with van der Waals surface area (Å²) in [5, 5.41) is 0.121. The molecule has 0 fully saturated rings. The first-order valence-corrected chi connectivity index (χ1v) is 5.25. The van der Waals surface area contributed by atoms with E-state index < -0.39 is 0 Å². The molecule has 2 rings (SSSR count). The van der Waals surface area contributed by atoms with E-state index in [2.05, 4.69) is 19.9 Å². The number of ether oxygens (including phenoxy) is 1. The van der Waals surface area contributed by atoms with Crippen LogP contribution in [0.5, 0.6) is 6.01 Å². The van der Waals surface area contributed by atoms with Crippen LogP contribution >= 0.6 is 11.6 Å². The van der Waals surface area contributed by atoms with Gasteiger partial charge in [0.2, 0.25) is 5.28 Å². The minimum Gasteiger partial charge on any atom is -0.461 e. The van der Waals surface area contributed by atoms with Crippen LogP contribution in [-0.4, -0.2) is 26.0 Å². The van der Waals surface area contributed by atoms with E-state index in [9.17, 15) is 0 Å². The minimum atomic E-state index is -0.00467. The molecule has 0 saturated carbocycles. The van der Waals surface area contributed by atoms with Gasteiger partial charge in [-0.15, -0.1) is 0 Å². The van der Waals surface area contributed by atoms with E-state index in [0.717, 1.165) is 5.69 Å². The number of aromatic nitrogens is 4. The summed E-state index contributed by atoms with van der Waals surface area (Å²) in [5.74, 6) is 0.473. The average Bonchev–Trinajstić information content (AvgIpc) is 2.67. The Balaban J connectivity index is 2.36. The molecule has 5 nitrogen and oxygen atoms in total. The fourth-order valence-electron chi connectivity index (χ4n) is 1.19. The van der Waals surface area contributed by atoms with Crippen LogP contribution in [0.3, 0.4) is 0 Å². The third-order valence-electron chi connectivity index (χ3n) is 1.77. The predicted molar refractivity (Wildman–Crippen MR) is 60.4 cm³/mol. The van der Waals surface area contributed by atoms with E-state index in [1.807, 2.05) is 26.0 Å². The van der Waals surface area contributed by atoms with E-state index in [1.165, 1.54) is 0 Å². The second-order valence-corrected chi connectivity index (χ2v) is 3.80. The quantitative estimate of drug-likeness (QED) is 0.891. The van der Waals surface area contributed by atoms with Gasteiger partial charge in [0.25, 0.3) is 0 Å². The number of aromatic amines is 1. The molecule has 84 valence electrons. The molecule has 2 aromatic rings. The summed E-state index contributed by atoms with van der Waals surface area (Å²) in [7, 11) is 0. The second kappa shape index (κ2) is 4.49. The van der Waals surface area contributed by atoms with Crippen molar-refractivity contribution in [3.8, 4) is 17.5 Å². The van der Waals surface area contributed by atoms with E-state index in [1.54, 1.807) is 6.20 Å². The lowest BCUT2D eigenvalue weighted by molar-refractivity contribution is 0.222. The van der Waals surface area contributed by atoms with Crippen LogP contribution in [0.2, 0.25) is 5.28 Å². The van der Waals surface area contributed by atoms with Crippen molar-refractivity contribution >= 4 is 11.6 Å². The molecule has 6 heteroatoms. The van der Waals surface area contributed by atoms with Crippen LogP contribution in [-0.2, 0) is 0 Å². The molecule has 0 radical (unpaired) electrons. The number of nitrogens with one attached hydrogen (secondary N) is 1. The summed E-state index contributed by atoms with van der Waals surface area (Å²) in [6.07, 6.45) is 1.78. The summed E-state index contributed by atoms with van der Waals surface area (Å²) in [6, 6.07) is 3.94. The molecule has 1 N–H and O–H groups in total. The van der Waals surface area contributed by atoms with E-state index in [4.69, 9.17) is 16.3 Å². The Hall–Kier alpha value is -1.62. The molecule has 0 aromatic carbocycles. The number of H-pyrrole nitrogens is 1. The van der Waals surface area contributed by atoms with Crippen LogP contribution in [0.15, 0.2) is 18.3 Å². The lowest BCUT2D eigenvalue weighted by Crippen LogP contribution is -2.09. The normalized spacial score (nSPS) is 10.8. The van der Waals surface area contributed by atoms with Gasteiger partial charge < -0.3 is 9.72 Å². The summed E-state index contributed by atoms with van der Waals surface area (Å²) in [4.78, 5) is 15.1. The first-order chi connectivity index (χ1) is 7.65. The van der Waals surface area contributed by atoms with Crippen LogP contribution in [0.4, 0.5) is 0 Å². The Morgan fingerprint density at radius 3 is 2.75 bits per heavy atom. The average molecular weight is 239 g/mol. The number of rotatable bonds is 3. The predicted octanol–water partition coefficient (Wildman–Crippen LogP) is 2.31. The molecular weight excluding hydrogens is 228 g/mol. The zero-order valence-electron chi connectivity index (χ0n) is 8.94. The third kappa shape index (κ3) is 2.49. The Kier molecular flexibility index (Phi) is 3.05. The monoisotopic (exact) mass is 238 g/mol. The zero-order valence-corrected chi connectivity index (χ0v) is 9.69. The molecular formula is C10H11ClN4O. The van der Waals surface area contributed by atoms with E-state index in [0.29, 0.717) is 5.82 Å². The van der Waals surface area contributed by atoms with Crippen molar-refractivity contribution in [3.63, 3.8) is 0 Å². The molecule has 0 aliphatic rings. The third-order valence-corrected chi connectivity index (χ3v) is 1.94. The molecule has 0 amide bonds. The molecule has 0 bridgehead atoms. The number of nitrogens with zero attached hydrogens (tertiary/aromatic N) is 3. The summed E-state index contributed by atoms with van der Waals surface area (Å²) in [5.41, 5.74) is 0.776. The van der Waals surface area contributed by atoms with Crippen molar-refractivity contribution in [3.05, 3.63) is 23.6 Å². The lowest BCUT2D eigenvalue weighted by Gasteiger charge is -2.07.